The summed E-state index contributed by atoms with van der Waals surface area (Å²) in [5.41, 5.74) is 6.02. The number of furan rings is 2. The van der Waals surface area contributed by atoms with E-state index in [2.05, 4.69) is 27.6 Å². The maximum atomic E-state index is 6.40. The molecule has 0 aliphatic rings. The molecule has 5 nitrogen and oxygen atoms in total. The third-order valence-corrected chi connectivity index (χ3v) is 6.29. The van der Waals surface area contributed by atoms with Crippen molar-refractivity contribution in [1.82, 2.24) is 14.4 Å². The standard InChI is InChI=1S/C26H13N3O2/c1-3-9-17-14(6-1)19-21-22-16(8-5-11-27-22)26-28-12-13-29(26)23(21)20-15-7-2-4-10-18(15)31-25(20)24(19)30-17/h1-13H. The van der Waals surface area contributed by atoms with Crippen molar-refractivity contribution < 1.29 is 8.83 Å². The molecule has 5 aromatic heterocycles. The van der Waals surface area contributed by atoms with E-state index in [0.717, 1.165) is 71.3 Å². The second kappa shape index (κ2) is 5.21. The molecule has 0 aliphatic carbocycles. The fraction of sp³-hybridized carbons (Fsp3) is 0. The van der Waals surface area contributed by atoms with Crippen molar-refractivity contribution in [1.29, 1.82) is 0 Å². The molecule has 144 valence electrons. The fourth-order valence-corrected chi connectivity index (χ4v) is 5.08. The number of hydrogen-bond donors (Lipinski definition) is 0. The van der Waals surface area contributed by atoms with E-state index in [1.54, 1.807) is 0 Å². The maximum absolute atomic E-state index is 6.40. The van der Waals surface area contributed by atoms with E-state index < -0.39 is 0 Å². The topological polar surface area (TPSA) is 56.5 Å². The number of pyridine rings is 2. The van der Waals surface area contributed by atoms with Crippen molar-refractivity contribution in [3.05, 3.63) is 79.3 Å². The minimum Gasteiger partial charge on any atom is -0.452 e. The minimum atomic E-state index is 0.755. The molecule has 0 bridgehead atoms. The molecule has 0 amide bonds. The van der Waals surface area contributed by atoms with Crippen molar-refractivity contribution in [2.75, 3.05) is 0 Å². The number of nitrogens with zero attached hydrogens (tertiary/aromatic N) is 3. The van der Waals surface area contributed by atoms with Crippen molar-refractivity contribution in [3.8, 4) is 0 Å². The van der Waals surface area contributed by atoms with Crippen LogP contribution in [-0.2, 0) is 0 Å². The van der Waals surface area contributed by atoms with Gasteiger partial charge in [-0.05, 0) is 24.3 Å². The summed E-state index contributed by atoms with van der Waals surface area (Å²) in [6.07, 6.45) is 5.69. The molecule has 0 N–H and O–H groups in total. The number of fused-ring (bicyclic) bond motifs is 15. The van der Waals surface area contributed by atoms with Crippen LogP contribution in [-0.4, -0.2) is 14.4 Å². The van der Waals surface area contributed by atoms with Crippen LogP contribution in [0.25, 0.3) is 71.3 Å². The first kappa shape index (κ1) is 15.5. The number of rotatable bonds is 0. The summed E-state index contributed by atoms with van der Waals surface area (Å²) in [5, 5.41) is 6.22. The van der Waals surface area contributed by atoms with Gasteiger partial charge in [0, 0.05) is 45.5 Å². The van der Waals surface area contributed by atoms with Crippen LogP contribution >= 0.6 is 0 Å². The number of para-hydroxylation sites is 2. The van der Waals surface area contributed by atoms with Crippen LogP contribution < -0.4 is 0 Å². The second-order valence-electron chi connectivity index (χ2n) is 7.85. The van der Waals surface area contributed by atoms with Crippen molar-refractivity contribution in [3.63, 3.8) is 0 Å². The Morgan fingerprint density at radius 2 is 1.29 bits per heavy atom. The Hall–Kier alpha value is -4.38. The van der Waals surface area contributed by atoms with Crippen molar-refractivity contribution >= 4 is 71.3 Å². The van der Waals surface area contributed by atoms with E-state index in [1.807, 2.05) is 61.1 Å². The first-order valence-electron chi connectivity index (χ1n) is 10.2. The SMILES string of the molecule is c1ccc2c(c1)oc1c3oc4ccccc4c3c3c(c4ncccc4c4nccn43)c21. The zero-order valence-corrected chi connectivity index (χ0v) is 16.2. The van der Waals surface area contributed by atoms with Gasteiger partial charge in [0.25, 0.3) is 0 Å². The average Bonchev–Trinajstić information content (AvgIpc) is 3.53. The van der Waals surface area contributed by atoms with E-state index in [9.17, 15) is 0 Å². The molecule has 0 saturated carbocycles. The predicted molar refractivity (Wildman–Crippen MR) is 123 cm³/mol. The Morgan fingerprint density at radius 1 is 0.613 bits per heavy atom. The molecule has 5 heterocycles. The third kappa shape index (κ3) is 1.74. The van der Waals surface area contributed by atoms with Crippen LogP contribution in [0, 0.1) is 0 Å². The molecule has 31 heavy (non-hydrogen) atoms. The molecule has 0 aliphatic heterocycles. The van der Waals surface area contributed by atoms with Gasteiger partial charge in [-0.15, -0.1) is 0 Å². The molecule has 5 heteroatoms. The van der Waals surface area contributed by atoms with Crippen molar-refractivity contribution in [2.45, 2.75) is 0 Å². The highest BCUT2D eigenvalue weighted by Crippen LogP contribution is 2.46. The fourth-order valence-electron chi connectivity index (χ4n) is 5.08. The van der Waals surface area contributed by atoms with Gasteiger partial charge in [0.1, 0.15) is 16.8 Å². The second-order valence-corrected chi connectivity index (χ2v) is 7.85. The number of imidazole rings is 1. The Bertz CT molecular complexity index is 2010. The zero-order valence-electron chi connectivity index (χ0n) is 16.2. The zero-order chi connectivity index (χ0) is 20.1. The Labute approximate surface area is 174 Å². The van der Waals surface area contributed by atoms with Gasteiger partial charge in [-0.25, -0.2) is 4.98 Å². The lowest BCUT2D eigenvalue weighted by Crippen LogP contribution is -1.93. The van der Waals surface area contributed by atoms with E-state index in [4.69, 9.17) is 13.8 Å². The van der Waals surface area contributed by atoms with Crippen molar-refractivity contribution in [2.24, 2.45) is 0 Å². The Morgan fingerprint density at radius 3 is 2.10 bits per heavy atom. The first-order valence-corrected chi connectivity index (χ1v) is 10.2. The highest BCUT2D eigenvalue weighted by atomic mass is 16.4. The lowest BCUT2D eigenvalue weighted by molar-refractivity contribution is 0.633. The normalized spacial score (nSPS) is 12.5. The molecular weight excluding hydrogens is 386 g/mol. The molecule has 0 saturated heterocycles. The van der Waals surface area contributed by atoms with Gasteiger partial charge in [0.2, 0.25) is 0 Å². The predicted octanol–water partition coefficient (Wildman–Crippen LogP) is 6.83. The van der Waals surface area contributed by atoms with Crippen LogP contribution in [0.3, 0.4) is 0 Å². The van der Waals surface area contributed by atoms with E-state index in [1.165, 1.54) is 0 Å². The number of hydrogen-bond acceptors (Lipinski definition) is 4. The van der Waals surface area contributed by atoms with E-state index >= 15 is 0 Å². The molecular formula is C26H13N3O2. The molecule has 0 unspecified atom stereocenters. The summed E-state index contributed by atoms with van der Waals surface area (Å²) in [4.78, 5) is 9.49. The summed E-state index contributed by atoms with van der Waals surface area (Å²) in [6, 6.07) is 20.3. The smallest absolute Gasteiger partial charge is 0.180 e. The van der Waals surface area contributed by atoms with Crippen LogP contribution in [0.2, 0.25) is 0 Å². The molecule has 8 aromatic rings. The van der Waals surface area contributed by atoms with Gasteiger partial charge in [-0.3, -0.25) is 9.38 Å². The molecule has 0 fully saturated rings. The molecule has 8 rings (SSSR count). The van der Waals surface area contributed by atoms with Crippen LogP contribution in [0.4, 0.5) is 0 Å². The van der Waals surface area contributed by atoms with E-state index in [-0.39, 0.29) is 0 Å². The summed E-state index contributed by atoms with van der Waals surface area (Å²) >= 11 is 0. The maximum Gasteiger partial charge on any atom is 0.180 e. The summed E-state index contributed by atoms with van der Waals surface area (Å²) < 4.78 is 15.0. The molecule has 3 aromatic carbocycles. The van der Waals surface area contributed by atoms with E-state index in [0.29, 0.717) is 0 Å². The number of aromatic nitrogens is 3. The van der Waals surface area contributed by atoms with Gasteiger partial charge in [0.15, 0.2) is 11.2 Å². The summed E-state index contributed by atoms with van der Waals surface area (Å²) in [7, 11) is 0. The van der Waals surface area contributed by atoms with Crippen LogP contribution in [0.15, 0.2) is 88.1 Å². The van der Waals surface area contributed by atoms with Gasteiger partial charge >= 0.3 is 0 Å². The largest absolute Gasteiger partial charge is 0.452 e. The first-order chi connectivity index (χ1) is 15.4. The highest BCUT2D eigenvalue weighted by molar-refractivity contribution is 6.37. The average molecular weight is 399 g/mol. The minimum absolute atomic E-state index is 0.755. The van der Waals surface area contributed by atoms with Gasteiger partial charge in [-0.1, -0.05) is 36.4 Å². The summed E-state index contributed by atoms with van der Waals surface area (Å²) in [5.74, 6) is 0. The van der Waals surface area contributed by atoms with Crippen LogP contribution in [0.1, 0.15) is 0 Å². The highest BCUT2D eigenvalue weighted by Gasteiger charge is 2.24. The Balaban J connectivity index is 1.89. The quantitative estimate of drug-likeness (QED) is 0.262. The molecule has 0 radical (unpaired) electrons. The van der Waals surface area contributed by atoms with Gasteiger partial charge in [-0.2, -0.15) is 0 Å². The third-order valence-electron chi connectivity index (χ3n) is 6.29. The summed E-state index contributed by atoms with van der Waals surface area (Å²) in [6.45, 7) is 0. The number of benzene rings is 3. The molecule has 0 atom stereocenters. The lowest BCUT2D eigenvalue weighted by atomic mass is 10.00. The lowest BCUT2D eigenvalue weighted by Gasteiger charge is -2.10. The Kier molecular flexibility index (Phi) is 2.60. The van der Waals surface area contributed by atoms with Gasteiger partial charge in [0.05, 0.1) is 16.4 Å². The monoisotopic (exact) mass is 399 g/mol. The van der Waals surface area contributed by atoms with Crippen LogP contribution in [0.5, 0.6) is 0 Å². The van der Waals surface area contributed by atoms with Gasteiger partial charge < -0.3 is 8.83 Å². The molecule has 0 spiro atoms.